The largest absolute Gasteiger partial charge is 0.370 e. The average Bonchev–Trinajstić information content (AvgIpc) is 3.14. The summed E-state index contributed by atoms with van der Waals surface area (Å²) in [6, 6.07) is 10.4. The fraction of sp³-hybridized carbons (Fsp3) is 0.500. The number of benzene rings is 1. The van der Waals surface area contributed by atoms with Gasteiger partial charge in [0.25, 0.3) is 0 Å². The monoisotopic (exact) mass is 484 g/mol. The first kappa shape index (κ1) is 21.7. The van der Waals surface area contributed by atoms with Gasteiger partial charge in [0.05, 0.1) is 18.8 Å². The summed E-state index contributed by atoms with van der Waals surface area (Å²) in [6.07, 6.45) is 0.931. The molecule has 27 heavy (non-hydrogen) atoms. The highest BCUT2D eigenvalue weighted by molar-refractivity contribution is 14.0. The van der Waals surface area contributed by atoms with Crippen LogP contribution in [-0.4, -0.2) is 42.3 Å². The summed E-state index contributed by atoms with van der Waals surface area (Å²) in [6.45, 7) is 9.88. The van der Waals surface area contributed by atoms with Gasteiger partial charge in [0.1, 0.15) is 12.6 Å². The number of rotatable bonds is 5. The van der Waals surface area contributed by atoms with Crippen LogP contribution < -0.4 is 5.32 Å². The van der Waals surface area contributed by atoms with E-state index in [1.54, 1.807) is 0 Å². The van der Waals surface area contributed by atoms with Crippen molar-refractivity contribution in [1.82, 2.24) is 15.4 Å². The van der Waals surface area contributed by atoms with Crippen LogP contribution in [0.25, 0.3) is 0 Å². The molecule has 0 amide bonds. The lowest BCUT2D eigenvalue weighted by atomic mass is 10.0. The number of ether oxygens (including phenoxy) is 1. The predicted molar refractivity (Wildman–Crippen MR) is 118 cm³/mol. The molecule has 6 nitrogen and oxygen atoms in total. The molecule has 1 aliphatic heterocycles. The molecule has 2 aromatic rings. The topological polar surface area (TPSA) is 62.9 Å². The lowest BCUT2D eigenvalue weighted by Crippen LogP contribution is -2.48. The van der Waals surface area contributed by atoms with Crippen LogP contribution in [0.4, 0.5) is 0 Å². The molecule has 3 rings (SSSR count). The molecule has 1 saturated heterocycles. The van der Waals surface area contributed by atoms with E-state index in [0.29, 0.717) is 13.2 Å². The van der Waals surface area contributed by atoms with Gasteiger partial charge in [-0.25, -0.2) is 4.99 Å². The van der Waals surface area contributed by atoms with Crippen LogP contribution in [-0.2, 0) is 17.7 Å². The maximum Gasteiger partial charge on any atom is 0.194 e. The molecule has 2 heterocycles. The van der Waals surface area contributed by atoms with Crippen molar-refractivity contribution in [3.8, 4) is 0 Å². The SMILES string of the molecule is CCNC(=NCc1cc(CC)no1)N1CCOC(c2ccccc2C)C1.I. The number of nitrogens with one attached hydrogen (secondary N) is 1. The van der Waals surface area contributed by atoms with Crippen LogP contribution in [0.15, 0.2) is 39.8 Å². The Balaban J connectivity index is 0.00000261. The van der Waals surface area contributed by atoms with E-state index in [1.165, 1.54) is 11.1 Å². The number of aliphatic imine (C=N–C) groups is 1. The van der Waals surface area contributed by atoms with Crippen molar-refractivity contribution in [2.75, 3.05) is 26.2 Å². The van der Waals surface area contributed by atoms with Crippen LogP contribution in [0.3, 0.4) is 0 Å². The summed E-state index contributed by atoms with van der Waals surface area (Å²) in [5.41, 5.74) is 3.47. The molecule has 0 bridgehead atoms. The molecule has 7 heteroatoms. The second kappa shape index (κ2) is 10.7. The van der Waals surface area contributed by atoms with E-state index in [4.69, 9.17) is 14.3 Å². The molecule has 0 spiro atoms. The van der Waals surface area contributed by atoms with Crippen molar-refractivity contribution in [3.05, 3.63) is 52.9 Å². The number of hydrogen-bond acceptors (Lipinski definition) is 4. The van der Waals surface area contributed by atoms with Crippen molar-refractivity contribution >= 4 is 29.9 Å². The lowest BCUT2D eigenvalue weighted by Gasteiger charge is -2.35. The molecule has 148 valence electrons. The van der Waals surface area contributed by atoms with Crippen molar-refractivity contribution in [2.24, 2.45) is 4.99 Å². The van der Waals surface area contributed by atoms with Gasteiger partial charge in [0, 0.05) is 19.2 Å². The zero-order valence-electron chi connectivity index (χ0n) is 16.3. The first-order valence-corrected chi connectivity index (χ1v) is 9.36. The molecule has 1 aromatic carbocycles. The lowest BCUT2D eigenvalue weighted by molar-refractivity contribution is -0.00835. The smallest absolute Gasteiger partial charge is 0.194 e. The standard InChI is InChI=1S/C20H28N4O2.HI/c1-4-16-12-17(26-23-16)13-22-20(21-5-2)24-10-11-25-19(14-24)18-9-7-6-8-15(18)3;/h6-9,12,19H,4-5,10-11,13-14H2,1-3H3,(H,21,22);1H. The number of hydrogen-bond donors (Lipinski definition) is 1. The van der Waals surface area contributed by atoms with Crippen LogP contribution >= 0.6 is 24.0 Å². The highest BCUT2D eigenvalue weighted by Crippen LogP contribution is 2.25. The van der Waals surface area contributed by atoms with Crippen LogP contribution in [0.2, 0.25) is 0 Å². The van der Waals surface area contributed by atoms with Gasteiger partial charge in [-0.05, 0) is 31.4 Å². The highest BCUT2D eigenvalue weighted by Gasteiger charge is 2.25. The van der Waals surface area contributed by atoms with Crippen molar-refractivity contribution in [1.29, 1.82) is 0 Å². The number of halogens is 1. The predicted octanol–water partition coefficient (Wildman–Crippen LogP) is 3.70. The second-order valence-corrected chi connectivity index (χ2v) is 6.47. The molecule has 1 fully saturated rings. The van der Waals surface area contributed by atoms with Gasteiger partial charge < -0.3 is 19.5 Å². The molecule has 1 aliphatic rings. The van der Waals surface area contributed by atoms with E-state index in [1.807, 2.05) is 6.07 Å². The normalized spacial score (nSPS) is 17.5. The molecule has 1 unspecified atom stereocenters. The van der Waals surface area contributed by atoms with E-state index in [0.717, 1.165) is 43.5 Å². The minimum Gasteiger partial charge on any atom is -0.370 e. The van der Waals surface area contributed by atoms with Gasteiger partial charge in [-0.3, -0.25) is 0 Å². The fourth-order valence-corrected chi connectivity index (χ4v) is 3.15. The Labute approximate surface area is 178 Å². The molecule has 0 aliphatic carbocycles. The minimum absolute atomic E-state index is 0. The number of nitrogens with zero attached hydrogens (tertiary/aromatic N) is 3. The zero-order chi connectivity index (χ0) is 18.4. The molecule has 0 saturated carbocycles. The Bertz CT molecular complexity index is 747. The Kier molecular flexibility index (Phi) is 8.56. The Morgan fingerprint density at radius 2 is 2.15 bits per heavy atom. The van der Waals surface area contributed by atoms with E-state index in [-0.39, 0.29) is 30.1 Å². The van der Waals surface area contributed by atoms with Crippen molar-refractivity contribution < 1.29 is 9.26 Å². The van der Waals surface area contributed by atoms with E-state index in [9.17, 15) is 0 Å². The molecule has 1 atom stereocenters. The fourth-order valence-electron chi connectivity index (χ4n) is 3.15. The average molecular weight is 484 g/mol. The molecule has 1 aromatic heterocycles. The van der Waals surface area contributed by atoms with E-state index in [2.05, 4.69) is 60.4 Å². The third kappa shape index (κ3) is 5.68. The van der Waals surface area contributed by atoms with Gasteiger partial charge in [0.15, 0.2) is 11.7 Å². The van der Waals surface area contributed by atoms with Gasteiger partial charge >= 0.3 is 0 Å². The van der Waals surface area contributed by atoms with Gasteiger partial charge in [-0.2, -0.15) is 0 Å². The van der Waals surface area contributed by atoms with E-state index < -0.39 is 0 Å². The molecule has 0 radical (unpaired) electrons. The highest BCUT2D eigenvalue weighted by atomic mass is 127. The third-order valence-corrected chi connectivity index (χ3v) is 4.59. The number of morpholine rings is 1. The minimum atomic E-state index is 0. The summed E-state index contributed by atoms with van der Waals surface area (Å²) in [4.78, 5) is 7.01. The molecular weight excluding hydrogens is 455 g/mol. The zero-order valence-corrected chi connectivity index (χ0v) is 18.6. The summed E-state index contributed by atoms with van der Waals surface area (Å²) >= 11 is 0. The van der Waals surface area contributed by atoms with E-state index >= 15 is 0 Å². The maximum atomic E-state index is 6.03. The quantitative estimate of drug-likeness (QED) is 0.399. The number of guanidine groups is 1. The van der Waals surface area contributed by atoms with Crippen LogP contribution in [0.5, 0.6) is 0 Å². The first-order valence-electron chi connectivity index (χ1n) is 9.36. The van der Waals surface area contributed by atoms with Crippen molar-refractivity contribution in [2.45, 2.75) is 39.8 Å². The summed E-state index contributed by atoms with van der Waals surface area (Å²) < 4.78 is 11.4. The van der Waals surface area contributed by atoms with Crippen LogP contribution in [0, 0.1) is 6.92 Å². The van der Waals surface area contributed by atoms with Gasteiger partial charge in [-0.15, -0.1) is 24.0 Å². The first-order chi connectivity index (χ1) is 12.7. The van der Waals surface area contributed by atoms with Crippen LogP contribution in [0.1, 0.15) is 42.5 Å². The molecular formula is C20H29IN4O2. The Morgan fingerprint density at radius 3 is 2.85 bits per heavy atom. The third-order valence-electron chi connectivity index (χ3n) is 4.59. The second-order valence-electron chi connectivity index (χ2n) is 6.47. The summed E-state index contributed by atoms with van der Waals surface area (Å²) in [7, 11) is 0. The summed E-state index contributed by atoms with van der Waals surface area (Å²) in [5, 5.41) is 7.42. The Hall–Kier alpha value is -1.61. The number of aryl methyl sites for hydroxylation is 2. The number of aromatic nitrogens is 1. The van der Waals surface area contributed by atoms with Gasteiger partial charge in [-0.1, -0.05) is 36.3 Å². The Morgan fingerprint density at radius 1 is 1.33 bits per heavy atom. The maximum absolute atomic E-state index is 6.03. The van der Waals surface area contributed by atoms with Crippen molar-refractivity contribution in [3.63, 3.8) is 0 Å². The van der Waals surface area contributed by atoms with Gasteiger partial charge in [0.2, 0.25) is 0 Å². The summed E-state index contributed by atoms with van der Waals surface area (Å²) in [5.74, 6) is 1.68. The molecule has 1 N–H and O–H groups in total.